The van der Waals surface area contributed by atoms with Crippen molar-refractivity contribution in [1.29, 1.82) is 0 Å². The zero-order valence-electron chi connectivity index (χ0n) is 12.0. The second kappa shape index (κ2) is 7.09. The number of aromatic nitrogens is 3. The van der Waals surface area contributed by atoms with Gasteiger partial charge in [-0.05, 0) is 24.3 Å². The van der Waals surface area contributed by atoms with Crippen LogP contribution < -0.4 is 10.9 Å². The number of hydrogen-bond acceptors (Lipinski definition) is 4. The second-order valence-corrected chi connectivity index (χ2v) is 5.93. The second-order valence-electron chi connectivity index (χ2n) is 4.68. The maximum atomic E-state index is 12.2. The summed E-state index contributed by atoms with van der Waals surface area (Å²) in [6.07, 6.45) is 1.36. The number of carbonyl (C=O) groups is 1. The lowest BCUT2D eigenvalue weighted by molar-refractivity contribution is 0.0957. The van der Waals surface area contributed by atoms with Crippen molar-refractivity contribution in [2.24, 2.45) is 0 Å². The maximum Gasteiger partial charge on any atom is 0.291 e. The van der Waals surface area contributed by atoms with Gasteiger partial charge in [-0.3, -0.25) is 15.6 Å². The van der Waals surface area contributed by atoms with Crippen molar-refractivity contribution in [1.82, 2.24) is 20.4 Å². The molecule has 2 N–H and O–H groups in total. The molecular formula is C15H10Cl3N5O. The smallest absolute Gasteiger partial charge is 0.291 e. The summed E-state index contributed by atoms with van der Waals surface area (Å²) in [4.78, 5) is 13.5. The molecule has 3 aromatic rings. The molecule has 24 heavy (non-hydrogen) atoms. The number of hydrogen-bond donors (Lipinski definition) is 2. The summed E-state index contributed by atoms with van der Waals surface area (Å²) in [5, 5.41) is 9.13. The van der Waals surface area contributed by atoms with E-state index in [1.165, 1.54) is 23.1 Å². The molecule has 1 aromatic heterocycles. The first kappa shape index (κ1) is 16.6. The van der Waals surface area contributed by atoms with Gasteiger partial charge in [0.15, 0.2) is 5.69 Å². The van der Waals surface area contributed by atoms with Crippen LogP contribution in [0.5, 0.6) is 0 Å². The summed E-state index contributed by atoms with van der Waals surface area (Å²) in [5.74, 6) is -0.487. The zero-order chi connectivity index (χ0) is 17.1. The molecule has 3 rings (SSSR count). The first-order chi connectivity index (χ1) is 11.5. The third-order valence-corrected chi connectivity index (χ3v) is 3.83. The highest BCUT2D eigenvalue weighted by molar-refractivity contribution is 6.41. The third kappa shape index (κ3) is 3.62. The number of nitrogens with zero attached hydrogens (tertiary/aromatic N) is 3. The van der Waals surface area contributed by atoms with Crippen LogP contribution in [0.3, 0.4) is 0 Å². The molecule has 1 amide bonds. The molecule has 0 unspecified atom stereocenters. The zero-order valence-corrected chi connectivity index (χ0v) is 14.3. The minimum absolute atomic E-state index is 0.132. The summed E-state index contributed by atoms with van der Waals surface area (Å²) in [6.45, 7) is 0. The van der Waals surface area contributed by atoms with Crippen LogP contribution in [0.4, 0.5) is 5.69 Å². The summed E-state index contributed by atoms with van der Waals surface area (Å²) in [6, 6.07) is 12.3. The molecule has 0 aliphatic heterocycles. The van der Waals surface area contributed by atoms with Gasteiger partial charge in [-0.2, -0.15) is 9.90 Å². The quantitative estimate of drug-likeness (QED) is 0.669. The van der Waals surface area contributed by atoms with Gasteiger partial charge in [0.05, 0.1) is 27.6 Å². The molecule has 6 nitrogen and oxygen atoms in total. The molecule has 2 aromatic carbocycles. The Morgan fingerprint density at radius 1 is 1.04 bits per heavy atom. The summed E-state index contributed by atoms with van der Waals surface area (Å²) in [7, 11) is 0. The number of carbonyl (C=O) groups excluding carboxylic acids is 1. The number of nitrogens with one attached hydrogen (secondary N) is 2. The van der Waals surface area contributed by atoms with Crippen LogP contribution in [0, 0.1) is 0 Å². The van der Waals surface area contributed by atoms with Gasteiger partial charge in [-0.1, -0.05) is 53.0 Å². The van der Waals surface area contributed by atoms with Crippen molar-refractivity contribution in [3.63, 3.8) is 0 Å². The van der Waals surface area contributed by atoms with Crippen LogP contribution in [0.15, 0.2) is 48.7 Å². The average molecular weight is 383 g/mol. The Morgan fingerprint density at radius 2 is 1.71 bits per heavy atom. The topological polar surface area (TPSA) is 71.8 Å². The van der Waals surface area contributed by atoms with Crippen molar-refractivity contribution in [3.05, 3.63) is 69.4 Å². The molecule has 0 aliphatic carbocycles. The van der Waals surface area contributed by atoms with E-state index in [0.29, 0.717) is 10.7 Å². The molecule has 9 heteroatoms. The van der Waals surface area contributed by atoms with E-state index in [1.54, 1.807) is 0 Å². The first-order valence-electron chi connectivity index (χ1n) is 6.73. The fourth-order valence-electron chi connectivity index (χ4n) is 1.90. The Morgan fingerprint density at radius 3 is 2.38 bits per heavy atom. The number of amides is 1. The van der Waals surface area contributed by atoms with Gasteiger partial charge in [0.2, 0.25) is 0 Å². The highest BCUT2D eigenvalue weighted by Crippen LogP contribution is 2.33. The fraction of sp³-hybridized carbons (Fsp3) is 0. The number of benzene rings is 2. The highest BCUT2D eigenvalue weighted by Gasteiger charge is 2.13. The largest absolute Gasteiger partial charge is 0.295 e. The predicted octanol–water partition coefficient (Wildman–Crippen LogP) is 3.98. The average Bonchev–Trinajstić information content (AvgIpc) is 3.04. The summed E-state index contributed by atoms with van der Waals surface area (Å²) in [5.41, 5.74) is 6.34. The van der Waals surface area contributed by atoms with E-state index in [1.807, 2.05) is 30.3 Å². The molecule has 0 radical (unpaired) electrons. The Balaban J connectivity index is 1.71. The molecule has 0 saturated carbocycles. The maximum absolute atomic E-state index is 12.2. The van der Waals surface area contributed by atoms with Crippen LogP contribution in [0.2, 0.25) is 15.1 Å². The fourth-order valence-corrected chi connectivity index (χ4v) is 2.81. The molecule has 1 heterocycles. The van der Waals surface area contributed by atoms with E-state index in [-0.39, 0.29) is 15.7 Å². The lowest BCUT2D eigenvalue weighted by Gasteiger charge is -2.11. The molecule has 0 saturated heterocycles. The van der Waals surface area contributed by atoms with Crippen molar-refractivity contribution in [3.8, 4) is 5.69 Å². The van der Waals surface area contributed by atoms with Crippen LogP contribution >= 0.6 is 34.8 Å². The normalized spacial score (nSPS) is 10.5. The lowest BCUT2D eigenvalue weighted by Crippen LogP contribution is -2.30. The van der Waals surface area contributed by atoms with E-state index >= 15 is 0 Å². The lowest BCUT2D eigenvalue weighted by atomic mass is 10.3. The van der Waals surface area contributed by atoms with Crippen LogP contribution in [0.25, 0.3) is 5.69 Å². The molecule has 0 aliphatic rings. The molecule has 122 valence electrons. The van der Waals surface area contributed by atoms with Crippen molar-refractivity contribution in [2.75, 3.05) is 5.43 Å². The minimum atomic E-state index is -0.487. The van der Waals surface area contributed by atoms with Gasteiger partial charge in [0.25, 0.3) is 5.91 Å². The van der Waals surface area contributed by atoms with E-state index in [0.717, 1.165) is 5.69 Å². The van der Waals surface area contributed by atoms with Crippen LogP contribution in [-0.2, 0) is 0 Å². The Hall–Kier alpha value is -2.28. The molecule has 0 atom stereocenters. The molecule has 0 bridgehead atoms. The first-order valence-corrected chi connectivity index (χ1v) is 7.86. The minimum Gasteiger partial charge on any atom is -0.295 e. The van der Waals surface area contributed by atoms with Gasteiger partial charge >= 0.3 is 0 Å². The number of anilines is 1. The van der Waals surface area contributed by atoms with E-state index < -0.39 is 5.91 Å². The monoisotopic (exact) mass is 381 g/mol. The number of rotatable bonds is 4. The van der Waals surface area contributed by atoms with Gasteiger partial charge in [-0.15, -0.1) is 5.10 Å². The number of halogens is 3. The van der Waals surface area contributed by atoms with Crippen molar-refractivity contribution < 1.29 is 4.79 Å². The third-order valence-electron chi connectivity index (χ3n) is 3.02. The van der Waals surface area contributed by atoms with Gasteiger partial charge in [-0.25, -0.2) is 0 Å². The van der Waals surface area contributed by atoms with Gasteiger partial charge < -0.3 is 0 Å². The highest BCUT2D eigenvalue weighted by atomic mass is 35.5. The van der Waals surface area contributed by atoms with Crippen LogP contribution in [-0.4, -0.2) is 20.9 Å². The molecular weight excluding hydrogens is 373 g/mol. The number of hydrazine groups is 1. The van der Waals surface area contributed by atoms with E-state index in [4.69, 9.17) is 34.8 Å². The standard InChI is InChI=1S/C15H10Cl3N5O/c16-9-6-11(17)14(12(18)7-9)20-21-15(24)13-8-19-23(22-13)10-4-2-1-3-5-10/h1-8,20H,(H,21,24). The van der Waals surface area contributed by atoms with Crippen LogP contribution in [0.1, 0.15) is 10.5 Å². The Bertz CT molecular complexity index is 859. The molecule has 0 spiro atoms. The Kier molecular flexibility index (Phi) is 4.89. The van der Waals surface area contributed by atoms with Gasteiger partial charge in [0.1, 0.15) is 0 Å². The summed E-state index contributed by atoms with van der Waals surface area (Å²) < 4.78 is 0. The molecule has 0 fully saturated rings. The van der Waals surface area contributed by atoms with Crippen molar-refractivity contribution >= 4 is 46.4 Å². The number of para-hydroxylation sites is 1. The van der Waals surface area contributed by atoms with Gasteiger partial charge in [0, 0.05) is 5.02 Å². The van der Waals surface area contributed by atoms with E-state index in [9.17, 15) is 4.79 Å². The van der Waals surface area contributed by atoms with E-state index in [2.05, 4.69) is 21.0 Å². The SMILES string of the molecule is O=C(NNc1c(Cl)cc(Cl)cc1Cl)c1cnn(-c2ccccc2)n1. The predicted molar refractivity (Wildman–Crippen MR) is 93.9 cm³/mol. The summed E-state index contributed by atoms with van der Waals surface area (Å²) >= 11 is 17.9. The van der Waals surface area contributed by atoms with Crippen molar-refractivity contribution in [2.45, 2.75) is 0 Å². The Labute approximate surface area is 152 Å².